The van der Waals surface area contributed by atoms with E-state index in [9.17, 15) is 19.8 Å². The maximum absolute atomic E-state index is 13.3. The first-order valence-corrected chi connectivity index (χ1v) is 12.4. The third-order valence-corrected chi connectivity index (χ3v) is 6.63. The number of amides is 1. The number of carbonyl (C=O) groups excluding carboxylic acids is 2. The third kappa shape index (κ3) is 5.57. The van der Waals surface area contributed by atoms with Crippen molar-refractivity contribution in [2.75, 3.05) is 46.5 Å². The molecule has 1 amide bonds. The number of nitrogens with zero attached hydrogens (tertiary/aromatic N) is 2. The molecule has 37 heavy (non-hydrogen) atoms. The first kappa shape index (κ1) is 26.5. The molecule has 0 radical (unpaired) electrons. The van der Waals surface area contributed by atoms with Crippen molar-refractivity contribution in [1.29, 1.82) is 0 Å². The number of methoxy groups -OCH3 is 1. The second-order valence-electron chi connectivity index (χ2n) is 9.52. The number of aryl methyl sites for hydroxylation is 1. The number of ketones is 1. The summed E-state index contributed by atoms with van der Waals surface area (Å²) >= 11 is 0. The molecule has 0 unspecified atom stereocenters. The molecule has 0 spiro atoms. The van der Waals surface area contributed by atoms with Crippen molar-refractivity contribution in [3.8, 4) is 17.2 Å². The van der Waals surface area contributed by atoms with E-state index in [2.05, 4.69) is 4.90 Å². The van der Waals surface area contributed by atoms with E-state index in [-0.39, 0.29) is 35.5 Å². The van der Waals surface area contributed by atoms with Crippen LogP contribution in [0.1, 0.15) is 36.6 Å². The first-order valence-electron chi connectivity index (χ1n) is 12.4. The maximum Gasteiger partial charge on any atom is 0.295 e. The third-order valence-electron chi connectivity index (χ3n) is 6.63. The summed E-state index contributed by atoms with van der Waals surface area (Å²) in [6, 6.07) is 9.00. The smallest absolute Gasteiger partial charge is 0.295 e. The molecule has 0 aliphatic carbocycles. The number of aliphatic hydroxyl groups is 1. The molecule has 1 atom stereocenters. The molecular formula is C28H34N2O7. The fourth-order valence-corrected chi connectivity index (χ4v) is 4.73. The van der Waals surface area contributed by atoms with E-state index >= 15 is 0 Å². The number of phenols is 1. The Morgan fingerprint density at radius 3 is 2.46 bits per heavy atom. The molecule has 2 N–H and O–H groups in total. The molecular weight excluding hydrogens is 476 g/mol. The summed E-state index contributed by atoms with van der Waals surface area (Å²) in [5.41, 5.74) is 1.75. The van der Waals surface area contributed by atoms with Gasteiger partial charge in [0.25, 0.3) is 11.7 Å². The first-order chi connectivity index (χ1) is 17.7. The highest BCUT2D eigenvalue weighted by atomic mass is 16.5. The van der Waals surface area contributed by atoms with Crippen molar-refractivity contribution < 1.29 is 34.0 Å². The maximum atomic E-state index is 13.3. The van der Waals surface area contributed by atoms with Crippen LogP contribution in [0, 0.1) is 6.92 Å². The van der Waals surface area contributed by atoms with Crippen LogP contribution < -0.4 is 9.47 Å². The number of rotatable bonds is 8. The summed E-state index contributed by atoms with van der Waals surface area (Å²) in [6.45, 7) is 9.28. The fraction of sp³-hybridized carbons (Fsp3) is 0.429. The zero-order valence-electron chi connectivity index (χ0n) is 21.7. The minimum absolute atomic E-state index is 0.00310. The van der Waals surface area contributed by atoms with Gasteiger partial charge in [0, 0.05) is 31.7 Å². The molecule has 2 aromatic rings. The average molecular weight is 511 g/mol. The normalized spacial score (nSPS) is 20.0. The summed E-state index contributed by atoms with van der Waals surface area (Å²) in [7, 11) is 1.43. The van der Waals surface area contributed by atoms with Gasteiger partial charge in [0.1, 0.15) is 11.5 Å². The molecule has 9 heteroatoms. The van der Waals surface area contributed by atoms with Gasteiger partial charge in [0.2, 0.25) is 0 Å². The second-order valence-corrected chi connectivity index (χ2v) is 9.52. The van der Waals surface area contributed by atoms with Crippen LogP contribution >= 0.6 is 0 Å². The Labute approximate surface area is 216 Å². The number of morpholine rings is 1. The van der Waals surface area contributed by atoms with Crippen LogP contribution in [-0.2, 0) is 14.3 Å². The van der Waals surface area contributed by atoms with E-state index in [1.165, 1.54) is 18.1 Å². The summed E-state index contributed by atoms with van der Waals surface area (Å²) in [5, 5.41) is 21.5. The molecule has 2 aromatic carbocycles. The van der Waals surface area contributed by atoms with E-state index < -0.39 is 17.7 Å². The van der Waals surface area contributed by atoms with Crippen LogP contribution in [0.2, 0.25) is 0 Å². The van der Waals surface area contributed by atoms with E-state index in [4.69, 9.17) is 14.2 Å². The standard InChI is InChI=1S/C28H34N2O7/c1-17(2)37-22-8-6-20(15-18(22)3)26(32)24-25(19-5-7-21(31)23(16-19)35-4)30(28(34)27(24)33)10-9-29-11-13-36-14-12-29/h5-8,15-17,25,31-32H,9-14H2,1-4H3/b26-24+/t25-/m0/s1. The Balaban J connectivity index is 1.76. The van der Waals surface area contributed by atoms with Gasteiger partial charge in [0.15, 0.2) is 11.5 Å². The number of Topliss-reactive ketones (excluding diaryl/α,β-unsaturated/α-hetero) is 1. The SMILES string of the molecule is COc1cc([C@H]2/C(=C(\O)c3ccc(OC(C)C)c(C)c3)C(=O)C(=O)N2CCN2CCOCC2)ccc1O. The minimum atomic E-state index is -0.845. The van der Waals surface area contributed by atoms with E-state index in [1.54, 1.807) is 30.3 Å². The number of aliphatic hydroxyl groups excluding tert-OH is 1. The van der Waals surface area contributed by atoms with Gasteiger partial charge >= 0.3 is 0 Å². The van der Waals surface area contributed by atoms with Crippen molar-refractivity contribution in [1.82, 2.24) is 9.80 Å². The van der Waals surface area contributed by atoms with Crippen LogP contribution in [0.3, 0.4) is 0 Å². The van der Waals surface area contributed by atoms with Crippen LogP contribution in [0.5, 0.6) is 17.2 Å². The minimum Gasteiger partial charge on any atom is -0.507 e. The number of likely N-dealkylation sites (tertiary alicyclic amines) is 1. The van der Waals surface area contributed by atoms with Gasteiger partial charge in [0.05, 0.1) is 38.0 Å². The predicted molar refractivity (Wildman–Crippen MR) is 138 cm³/mol. The molecule has 4 rings (SSSR count). The molecule has 198 valence electrons. The molecule has 9 nitrogen and oxygen atoms in total. The number of aromatic hydroxyl groups is 1. The van der Waals surface area contributed by atoms with E-state index in [0.717, 1.165) is 18.7 Å². The summed E-state index contributed by atoms with van der Waals surface area (Å²) in [4.78, 5) is 30.3. The zero-order chi connectivity index (χ0) is 26.7. The van der Waals surface area contributed by atoms with Crippen molar-refractivity contribution in [2.45, 2.75) is 32.9 Å². The van der Waals surface area contributed by atoms with Crippen molar-refractivity contribution in [3.05, 3.63) is 58.7 Å². The zero-order valence-corrected chi connectivity index (χ0v) is 21.7. The quantitative estimate of drug-likeness (QED) is 0.317. The molecule has 2 aliphatic rings. The Bertz CT molecular complexity index is 1200. The van der Waals surface area contributed by atoms with Gasteiger partial charge in [-0.1, -0.05) is 6.07 Å². The number of ether oxygens (including phenoxy) is 3. The lowest BCUT2D eigenvalue weighted by molar-refractivity contribution is -0.140. The van der Waals surface area contributed by atoms with Gasteiger partial charge in [-0.2, -0.15) is 0 Å². The molecule has 0 bridgehead atoms. The van der Waals surface area contributed by atoms with Crippen molar-refractivity contribution >= 4 is 17.4 Å². The van der Waals surface area contributed by atoms with Gasteiger partial charge < -0.3 is 29.3 Å². The molecule has 0 aromatic heterocycles. The summed E-state index contributed by atoms with van der Waals surface area (Å²) < 4.78 is 16.5. The average Bonchev–Trinajstić information content (AvgIpc) is 3.13. The largest absolute Gasteiger partial charge is 0.507 e. The predicted octanol–water partition coefficient (Wildman–Crippen LogP) is 3.25. The fourth-order valence-electron chi connectivity index (χ4n) is 4.73. The Morgan fingerprint density at radius 2 is 1.81 bits per heavy atom. The van der Waals surface area contributed by atoms with Gasteiger partial charge in [-0.15, -0.1) is 0 Å². The Hall–Kier alpha value is -3.56. The van der Waals surface area contributed by atoms with Gasteiger partial charge in [-0.3, -0.25) is 14.5 Å². The van der Waals surface area contributed by atoms with Gasteiger partial charge in [-0.05, 0) is 62.2 Å². The number of carbonyl (C=O) groups is 2. The Kier molecular flexibility index (Phi) is 8.04. The van der Waals surface area contributed by atoms with Crippen molar-refractivity contribution in [2.24, 2.45) is 0 Å². The van der Waals surface area contributed by atoms with Gasteiger partial charge in [-0.25, -0.2) is 0 Å². The summed E-state index contributed by atoms with van der Waals surface area (Å²) in [5.74, 6) is -0.865. The topological polar surface area (TPSA) is 109 Å². The van der Waals surface area contributed by atoms with E-state index in [1.807, 2.05) is 20.8 Å². The van der Waals surface area contributed by atoms with E-state index in [0.29, 0.717) is 36.6 Å². The lowest BCUT2D eigenvalue weighted by Crippen LogP contribution is -2.42. The molecule has 0 saturated carbocycles. The number of hydrogen-bond acceptors (Lipinski definition) is 8. The number of phenolic OH excluding ortho intramolecular Hbond substituents is 1. The summed E-state index contributed by atoms with van der Waals surface area (Å²) in [6.07, 6.45) is -0.0144. The molecule has 2 aliphatic heterocycles. The molecule has 2 saturated heterocycles. The monoisotopic (exact) mass is 510 g/mol. The highest BCUT2D eigenvalue weighted by molar-refractivity contribution is 6.46. The van der Waals surface area contributed by atoms with Crippen LogP contribution in [0.15, 0.2) is 42.0 Å². The highest BCUT2D eigenvalue weighted by Gasteiger charge is 2.46. The van der Waals surface area contributed by atoms with Crippen molar-refractivity contribution in [3.63, 3.8) is 0 Å². The van der Waals surface area contributed by atoms with Crippen LogP contribution in [-0.4, -0.2) is 84.3 Å². The van der Waals surface area contributed by atoms with Crippen LogP contribution in [0.25, 0.3) is 5.76 Å². The number of benzene rings is 2. The lowest BCUT2D eigenvalue weighted by Gasteiger charge is -2.31. The van der Waals surface area contributed by atoms with Crippen LogP contribution in [0.4, 0.5) is 0 Å². The lowest BCUT2D eigenvalue weighted by atomic mass is 9.94. The highest BCUT2D eigenvalue weighted by Crippen LogP contribution is 2.42. The Morgan fingerprint density at radius 1 is 1.08 bits per heavy atom. The second kappa shape index (κ2) is 11.2. The molecule has 2 fully saturated rings. The number of hydrogen-bond donors (Lipinski definition) is 2. The molecule has 2 heterocycles.